The van der Waals surface area contributed by atoms with Gasteiger partial charge < -0.3 is 46.7 Å². The van der Waals surface area contributed by atoms with Crippen LogP contribution in [0.2, 0.25) is 0 Å². The molecule has 9 N–H and O–H groups in total. The van der Waals surface area contributed by atoms with E-state index in [-0.39, 0.29) is 55.4 Å². The van der Waals surface area contributed by atoms with Crippen LogP contribution in [0.3, 0.4) is 0 Å². The van der Waals surface area contributed by atoms with Crippen molar-refractivity contribution in [1.82, 2.24) is 15.0 Å². The van der Waals surface area contributed by atoms with Crippen LogP contribution in [0.5, 0.6) is 34.5 Å². The second kappa shape index (κ2) is 24.4. The summed E-state index contributed by atoms with van der Waals surface area (Å²) in [5.41, 5.74) is 26.6. The van der Waals surface area contributed by atoms with E-state index >= 15 is 0 Å². The summed E-state index contributed by atoms with van der Waals surface area (Å²) < 4.78 is 15.3. The van der Waals surface area contributed by atoms with Gasteiger partial charge in [0.15, 0.2) is 0 Å². The zero-order chi connectivity index (χ0) is 60.0. The monoisotopic (exact) mass is 1080 g/mol. The van der Waals surface area contributed by atoms with Crippen LogP contribution in [0.4, 0.5) is 34.1 Å². The van der Waals surface area contributed by atoms with Gasteiger partial charge in [-0.3, -0.25) is 0 Å². The molecule has 0 amide bonds. The van der Waals surface area contributed by atoms with E-state index in [4.69, 9.17) is 31.4 Å². The molecule has 6 aromatic carbocycles. The number of aromatic hydroxyl groups is 3. The second-order valence-electron chi connectivity index (χ2n) is 25.7. The number of phenolic OH excluding ortho intramolecular Hbond substituents is 3. The summed E-state index contributed by atoms with van der Waals surface area (Å²) in [4.78, 5) is 12.3. The lowest BCUT2D eigenvalue weighted by Crippen LogP contribution is -2.18. The highest BCUT2D eigenvalue weighted by molar-refractivity contribution is 5.76. The van der Waals surface area contributed by atoms with Crippen LogP contribution in [0, 0.1) is 4.91 Å². The molecule has 1 aromatic heterocycles. The number of azo groups is 1. The van der Waals surface area contributed by atoms with Crippen molar-refractivity contribution < 1.29 is 29.5 Å². The predicted molar refractivity (Wildman–Crippen MR) is 324 cm³/mol. The molecule has 0 radical (unpaired) electrons. The number of ether oxygens (including phenoxy) is 3. The van der Waals surface area contributed by atoms with Crippen molar-refractivity contribution in [2.75, 3.05) is 38.5 Å². The first-order valence-corrected chi connectivity index (χ1v) is 26.2. The number of nitrogens with two attached hydrogens (primary N) is 3. The van der Waals surface area contributed by atoms with Gasteiger partial charge in [0.25, 0.3) is 0 Å². The Morgan fingerprint density at radius 3 is 1.22 bits per heavy atom. The predicted octanol–water partition coefficient (Wildman–Crippen LogP) is 16.0. The number of nitrogen functional groups attached to an aromatic ring is 3. The van der Waals surface area contributed by atoms with Gasteiger partial charge in [-0.1, -0.05) is 143 Å². The minimum atomic E-state index is -0.217. The third kappa shape index (κ3) is 16.6. The van der Waals surface area contributed by atoms with Crippen LogP contribution in [0.15, 0.2) is 106 Å². The van der Waals surface area contributed by atoms with Crippen molar-refractivity contribution in [2.45, 2.75) is 157 Å². The summed E-state index contributed by atoms with van der Waals surface area (Å²) in [5, 5.41) is 52.3. The smallest absolute Gasteiger partial charge is 0.150 e. The number of aromatic nitrogens is 3. The lowest BCUT2D eigenvalue weighted by Gasteiger charge is -2.27. The van der Waals surface area contributed by atoms with Crippen molar-refractivity contribution in [1.29, 1.82) is 0 Å². The minimum absolute atomic E-state index is 0.000463. The molecule has 0 saturated heterocycles. The molecule has 0 bridgehead atoms. The van der Waals surface area contributed by atoms with Crippen LogP contribution in [-0.4, -0.2) is 51.6 Å². The zero-order valence-electron chi connectivity index (χ0n) is 50.6. The Morgan fingerprint density at radius 1 is 0.405 bits per heavy atom. The Balaban J connectivity index is 0.000000239. The van der Waals surface area contributed by atoms with Gasteiger partial charge in [-0.15, -0.1) is 30.1 Å². The number of hydrogen-bond acceptors (Lipinski definition) is 15. The van der Waals surface area contributed by atoms with Crippen molar-refractivity contribution in [3.05, 3.63) is 129 Å². The molecule has 0 aliphatic rings. The lowest BCUT2D eigenvalue weighted by molar-refractivity contribution is 0.415. The number of fused-ring (bicyclic) bond motifs is 1. The van der Waals surface area contributed by atoms with Crippen LogP contribution in [0.25, 0.3) is 16.7 Å². The lowest BCUT2D eigenvalue weighted by atomic mass is 9.80. The second-order valence-corrected chi connectivity index (χ2v) is 25.7. The maximum absolute atomic E-state index is 11.0. The summed E-state index contributed by atoms with van der Waals surface area (Å²) in [6, 6.07) is 27.6. The molecule has 0 fully saturated rings. The number of anilines is 3. The summed E-state index contributed by atoms with van der Waals surface area (Å²) in [6.45, 7) is 37.6. The number of benzene rings is 6. The van der Waals surface area contributed by atoms with E-state index in [0.717, 1.165) is 55.9 Å². The molecule has 426 valence electrons. The van der Waals surface area contributed by atoms with Crippen LogP contribution in [0.1, 0.15) is 158 Å². The Hall–Kier alpha value is -7.88. The summed E-state index contributed by atoms with van der Waals surface area (Å²) in [5.74, 6) is 2.49. The van der Waals surface area contributed by atoms with E-state index in [2.05, 4.69) is 142 Å². The molecular formula is C63H87N9O7. The van der Waals surface area contributed by atoms with Crippen molar-refractivity contribution in [2.24, 2.45) is 15.4 Å². The molecule has 16 heteroatoms. The SMILES string of the molecule is CC(C)(C)c1cc(N=O)c(O)c(C(C)(C)C)c1.COc1ccc(N)c(N)c1.COc1ccc(N=Nc2cc(C(C)(C)C)cc(C(C)(C)C)c2O)c(N)c1.COc1ccc2nn(-c3cc(C(C)(C)C)cc(C(C)(C)C)c3O)nc2c1. The first-order valence-electron chi connectivity index (χ1n) is 26.2. The molecule has 79 heavy (non-hydrogen) atoms. The Morgan fingerprint density at radius 2 is 0.785 bits per heavy atom. The Kier molecular flexibility index (Phi) is 19.7. The fourth-order valence-corrected chi connectivity index (χ4v) is 7.84. The first kappa shape index (κ1) is 63.7. The first-order chi connectivity index (χ1) is 36.2. The third-order valence-electron chi connectivity index (χ3n) is 13.0. The van der Waals surface area contributed by atoms with E-state index in [9.17, 15) is 20.2 Å². The number of methoxy groups -OCH3 is 3. The molecule has 0 saturated carbocycles. The number of nitroso groups, excluding NO2 is 1. The highest BCUT2D eigenvalue weighted by Crippen LogP contribution is 2.44. The van der Waals surface area contributed by atoms with Crippen LogP contribution >= 0.6 is 0 Å². The van der Waals surface area contributed by atoms with E-state index in [1.165, 1.54) is 4.80 Å². The highest BCUT2D eigenvalue weighted by Gasteiger charge is 2.29. The third-order valence-corrected chi connectivity index (χ3v) is 13.0. The van der Waals surface area contributed by atoms with Gasteiger partial charge in [0.1, 0.15) is 68.3 Å². The Labute approximate surface area is 468 Å². The van der Waals surface area contributed by atoms with Crippen LogP contribution < -0.4 is 31.4 Å². The average molecular weight is 1080 g/mol. The van der Waals surface area contributed by atoms with E-state index in [1.807, 2.05) is 57.2 Å². The Bertz CT molecular complexity index is 3280. The highest BCUT2D eigenvalue weighted by atomic mass is 16.5. The van der Waals surface area contributed by atoms with E-state index in [0.29, 0.717) is 39.9 Å². The molecule has 0 aliphatic carbocycles. The summed E-state index contributed by atoms with van der Waals surface area (Å²) in [6.07, 6.45) is 0. The molecule has 16 nitrogen and oxygen atoms in total. The molecular weight excluding hydrogens is 995 g/mol. The molecule has 0 unspecified atom stereocenters. The van der Waals surface area contributed by atoms with Gasteiger partial charge in [-0.2, -0.15) is 0 Å². The van der Waals surface area contributed by atoms with E-state index < -0.39 is 0 Å². The molecule has 7 rings (SSSR count). The summed E-state index contributed by atoms with van der Waals surface area (Å²) in [7, 11) is 4.80. The van der Waals surface area contributed by atoms with Gasteiger partial charge in [0.2, 0.25) is 0 Å². The topological polar surface area (TPSA) is 251 Å². The largest absolute Gasteiger partial charge is 0.505 e. The molecule has 7 aromatic rings. The summed E-state index contributed by atoms with van der Waals surface area (Å²) >= 11 is 0. The van der Waals surface area contributed by atoms with Gasteiger partial charge in [0.05, 0.1) is 38.4 Å². The van der Waals surface area contributed by atoms with Crippen molar-refractivity contribution in [3.8, 4) is 40.2 Å². The van der Waals surface area contributed by atoms with Crippen molar-refractivity contribution in [3.63, 3.8) is 0 Å². The molecule has 1 heterocycles. The number of hydrogen-bond donors (Lipinski definition) is 6. The standard InChI is InChI=1S/C21H27N3O2.C21H29N3O2.C14H21NO2.C7H10N2O/c1-20(2,3)13-10-15(21(4,5)6)19(25)18(11-13)24-22-16-9-8-14(26-7)12-17(16)23-24;1-20(2,3)13-10-15(21(4,5)6)19(25)18(11-13)24-23-17-9-8-14(26-7)12-16(17)22;1-13(2,3)9-7-10(14(4,5)6)12(16)11(8-9)15-17;1-10-5-2-3-6(8)7(9)4-5/h8-12,25H,1-7H3;8-12,25H,22H2,1-7H3;7-8,16H,1-6H3;2-4H,8-9H2,1H3. The maximum Gasteiger partial charge on any atom is 0.150 e. The average Bonchev–Trinajstić information content (AvgIpc) is 3.76. The molecule has 0 spiro atoms. The van der Waals surface area contributed by atoms with Gasteiger partial charge >= 0.3 is 0 Å². The number of phenols is 3. The number of rotatable bonds is 7. The normalized spacial score (nSPS) is 12.2. The molecule has 0 atom stereocenters. The zero-order valence-corrected chi connectivity index (χ0v) is 50.6. The van der Waals surface area contributed by atoms with Crippen molar-refractivity contribution >= 4 is 45.2 Å². The van der Waals surface area contributed by atoms with Gasteiger partial charge in [-0.05, 0) is 109 Å². The maximum atomic E-state index is 11.0. The van der Waals surface area contributed by atoms with Gasteiger partial charge in [0, 0.05) is 34.9 Å². The fourth-order valence-electron chi connectivity index (χ4n) is 7.84. The van der Waals surface area contributed by atoms with Gasteiger partial charge in [-0.25, -0.2) is 0 Å². The fraction of sp³-hybridized carbons (Fsp3) is 0.429. The minimum Gasteiger partial charge on any atom is -0.505 e. The van der Waals surface area contributed by atoms with Crippen LogP contribution in [-0.2, 0) is 32.5 Å². The quantitative estimate of drug-likeness (QED) is 0.0495. The number of nitrogens with zero attached hydrogens (tertiary/aromatic N) is 6. The van der Waals surface area contributed by atoms with E-state index in [1.54, 1.807) is 63.8 Å². The molecule has 0 aliphatic heterocycles.